The minimum absolute atomic E-state index is 0.206. The Morgan fingerprint density at radius 2 is 1.58 bits per heavy atom. The Bertz CT molecular complexity index is 478. The lowest BCUT2D eigenvalue weighted by Crippen LogP contribution is -2.25. The minimum Gasteiger partial charge on any atom is -0.327 e. The molecule has 19 heavy (non-hydrogen) atoms. The van der Waals surface area contributed by atoms with Crippen LogP contribution in [0.5, 0.6) is 0 Å². The van der Waals surface area contributed by atoms with Crippen molar-refractivity contribution >= 4 is 11.8 Å². The SMILES string of the molecule is CCc1ccc(CC(N)CSc2ccccc2)cc1. The Balaban J connectivity index is 1.82. The van der Waals surface area contributed by atoms with E-state index < -0.39 is 0 Å². The number of aryl methyl sites for hydroxylation is 1. The quantitative estimate of drug-likeness (QED) is 0.806. The predicted octanol–water partition coefficient (Wildman–Crippen LogP) is 3.91. The highest BCUT2D eigenvalue weighted by Gasteiger charge is 2.05. The molecule has 2 rings (SSSR count). The van der Waals surface area contributed by atoms with Crippen molar-refractivity contribution in [3.05, 3.63) is 65.7 Å². The summed E-state index contributed by atoms with van der Waals surface area (Å²) in [5, 5.41) is 0. The van der Waals surface area contributed by atoms with Gasteiger partial charge in [0.25, 0.3) is 0 Å². The van der Waals surface area contributed by atoms with Crippen molar-refractivity contribution < 1.29 is 0 Å². The molecule has 0 aromatic heterocycles. The van der Waals surface area contributed by atoms with Crippen LogP contribution in [0.25, 0.3) is 0 Å². The van der Waals surface area contributed by atoms with E-state index in [0.717, 1.165) is 18.6 Å². The van der Waals surface area contributed by atoms with Crippen LogP contribution in [0.2, 0.25) is 0 Å². The molecule has 0 saturated carbocycles. The molecule has 100 valence electrons. The van der Waals surface area contributed by atoms with Crippen LogP contribution in [-0.4, -0.2) is 11.8 Å². The van der Waals surface area contributed by atoms with Gasteiger partial charge >= 0.3 is 0 Å². The summed E-state index contributed by atoms with van der Waals surface area (Å²) in [5.74, 6) is 0.958. The molecule has 0 spiro atoms. The van der Waals surface area contributed by atoms with Crippen molar-refractivity contribution in [2.45, 2.75) is 30.7 Å². The van der Waals surface area contributed by atoms with Crippen molar-refractivity contribution in [3.8, 4) is 0 Å². The van der Waals surface area contributed by atoms with E-state index in [1.165, 1.54) is 16.0 Å². The maximum absolute atomic E-state index is 6.20. The van der Waals surface area contributed by atoms with Gasteiger partial charge in [0.15, 0.2) is 0 Å². The third-order valence-corrected chi connectivity index (χ3v) is 4.34. The Labute approximate surface area is 120 Å². The van der Waals surface area contributed by atoms with Gasteiger partial charge in [-0.2, -0.15) is 0 Å². The molecule has 0 saturated heterocycles. The third kappa shape index (κ3) is 4.73. The minimum atomic E-state index is 0.206. The van der Waals surface area contributed by atoms with Gasteiger partial charge in [-0.25, -0.2) is 0 Å². The monoisotopic (exact) mass is 271 g/mol. The van der Waals surface area contributed by atoms with E-state index in [1.807, 2.05) is 17.8 Å². The molecule has 0 aliphatic carbocycles. The first kappa shape index (κ1) is 14.2. The number of rotatable bonds is 6. The lowest BCUT2D eigenvalue weighted by Gasteiger charge is -2.11. The first-order valence-corrected chi connectivity index (χ1v) is 7.77. The predicted molar refractivity (Wildman–Crippen MR) is 84.7 cm³/mol. The normalized spacial score (nSPS) is 12.3. The van der Waals surface area contributed by atoms with E-state index in [1.54, 1.807) is 0 Å². The molecular formula is C17H21NS. The fourth-order valence-electron chi connectivity index (χ4n) is 1.99. The van der Waals surface area contributed by atoms with Crippen LogP contribution >= 0.6 is 11.8 Å². The molecule has 0 radical (unpaired) electrons. The Hall–Kier alpha value is -1.25. The Morgan fingerprint density at radius 3 is 2.21 bits per heavy atom. The van der Waals surface area contributed by atoms with Crippen molar-refractivity contribution in [1.82, 2.24) is 0 Å². The zero-order valence-electron chi connectivity index (χ0n) is 11.4. The molecule has 0 heterocycles. The molecule has 1 nitrogen and oxygen atoms in total. The maximum atomic E-state index is 6.20. The van der Waals surface area contributed by atoms with Crippen LogP contribution < -0.4 is 5.73 Å². The van der Waals surface area contributed by atoms with Gasteiger partial charge in [0, 0.05) is 16.7 Å². The highest BCUT2D eigenvalue weighted by Crippen LogP contribution is 2.18. The molecule has 2 aromatic rings. The number of hydrogen-bond acceptors (Lipinski definition) is 2. The Kier molecular flexibility index (Phi) is 5.49. The summed E-state index contributed by atoms with van der Waals surface area (Å²) in [6.45, 7) is 2.18. The molecule has 0 fully saturated rings. The maximum Gasteiger partial charge on any atom is 0.0174 e. The van der Waals surface area contributed by atoms with E-state index in [4.69, 9.17) is 5.73 Å². The van der Waals surface area contributed by atoms with E-state index in [-0.39, 0.29) is 6.04 Å². The fourth-order valence-corrected chi connectivity index (χ4v) is 2.87. The molecule has 2 heteroatoms. The topological polar surface area (TPSA) is 26.0 Å². The summed E-state index contributed by atoms with van der Waals surface area (Å²) in [4.78, 5) is 1.29. The molecule has 1 atom stereocenters. The van der Waals surface area contributed by atoms with Crippen LogP contribution in [0.1, 0.15) is 18.1 Å². The number of benzene rings is 2. The number of thioether (sulfide) groups is 1. The molecule has 1 unspecified atom stereocenters. The first-order valence-electron chi connectivity index (χ1n) is 6.79. The molecule has 0 aliphatic rings. The second-order valence-electron chi connectivity index (χ2n) is 4.76. The summed E-state index contributed by atoms with van der Waals surface area (Å²) in [6, 6.07) is 19.4. The summed E-state index contributed by atoms with van der Waals surface area (Å²) in [7, 11) is 0. The molecule has 2 aromatic carbocycles. The second kappa shape index (κ2) is 7.37. The third-order valence-electron chi connectivity index (χ3n) is 3.14. The smallest absolute Gasteiger partial charge is 0.0174 e. The molecule has 0 aliphatic heterocycles. The largest absolute Gasteiger partial charge is 0.327 e. The highest BCUT2D eigenvalue weighted by atomic mass is 32.2. The van der Waals surface area contributed by atoms with Crippen molar-refractivity contribution in [1.29, 1.82) is 0 Å². The lowest BCUT2D eigenvalue weighted by atomic mass is 10.0. The average Bonchev–Trinajstić information content (AvgIpc) is 2.47. The zero-order valence-corrected chi connectivity index (χ0v) is 12.2. The second-order valence-corrected chi connectivity index (χ2v) is 5.85. The van der Waals surface area contributed by atoms with Crippen molar-refractivity contribution in [3.63, 3.8) is 0 Å². The lowest BCUT2D eigenvalue weighted by molar-refractivity contribution is 0.748. The summed E-state index contributed by atoms with van der Waals surface area (Å²) < 4.78 is 0. The summed E-state index contributed by atoms with van der Waals surface area (Å²) in [5.41, 5.74) is 8.92. The summed E-state index contributed by atoms with van der Waals surface area (Å²) >= 11 is 1.83. The van der Waals surface area contributed by atoms with E-state index in [2.05, 4.69) is 55.5 Å². The highest BCUT2D eigenvalue weighted by molar-refractivity contribution is 7.99. The van der Waals surface area contributed by atoms with Gasteiger partial charge in [-0.1, -0.05) is 49.4 Å². The van der Waals surface area contributed by atoms with Gasteiger partial charge in [-0.3, -0.25) is 0 Å². The van der Waals surface area contributed by atoms with Crippen LogP contribution in [0, 0.1) is 0 Å². The number of nitrogens with two attached hydrogens (primary N) is 1. The van der Waals surface area contributed by atoms with E-state index >= 15 is 0 Å². The van der Waals surface area contributed by atoms with Gasteiger partial charge in [0.05, 0.1) is 0 Å². The fraction of sp³-hybridized carbons (Fsp3) is 0.294. The van der Waals surface area contributed by atoms with Gasteiger partial charge in [-0.05, 0) is 36.1 Å². The molecular weight excluding hydrogens is 250 g/mol. The Morgan fingerprint density at radius 1 is 0.947 bits per heavy atom. The molecule has 2 N–H and O–H groups in total. The van der Waals surface area contributed by atoms with Crippen molar-refractivity contribution in [2.24, 2.45) is 5.73 Å². The number of hydrogen-bond donors (Lipinski definition) is 1. The van der Waals surface area contributed by atoms with Crippen LogP contribution in [0.15, 0.2) is 59.5 Å². The van der Waals surface area contributed by atoms with Gasteiger partial charge in [0.2, 0.25) is 0 Å². The van der Waals surface area contributed by atoms with Gasteiger partial charge in [0.1, 0.15) is 0 Å². The van der Waals surface area contributed by atoms with Crippen LogP contribution in [-0.2, 0) is 12.8 Å². The van der Waals surface area contributed by atoms with Gasteiger partial charge < -0.3 is 5.73 Å². The average molecular weight is 271 g/mol. The van der Waals surface area contributed by atoms with Gasteiger partial charge in [-0.15, -0.1) is 11.8 Å². The summed E-state index contributed by atoms with van der Waals surface area (Å²) in [6.07, 6.45) is 2.04. The van der Waals surface area contributed by atoms with E-state index in [0.29, 0.717) is 0 Å². The molecule has 0 amide bonds. The van der Waals surface area contributed by atoms with Crippen molar-refractivity contribution in [2.75, 3.05) is 5.75 Å². The van der Waals surface area contributed by atoms with Crippen LogP contribution in [0.3, 0.4) is 0 Å². The zero-order chi connectivity index (χ0) is 13.5. The van der Waals surface area contributed by atoms with Crippen LogP contribution in [0.4, 0.5) is 0 Å². The van der Waals surface area contributed by atoms with E-state index in [9.17, 15) is 0 Å². The molecule has 0 bridgehead atoms. The first-order chi connectivity index (χ1) is 9.28. The standard InChI is InChI=1S/C17H21NS/c1-2-14-8-10-15(11-9-14)12-16(18)13-19-17-6-4-3-5-7-17/h3-11,16H,2,12-13,18H2,1H3.